The van der Waals surface area contributed by atoms with Crippen LogP contribution in [0.2, 0.25) is 0 Å². The zero-order valence-electron chi connectivity index (χ0n) is 15.9. The molecule has 2 aliphatic carbocycles. The van der Waals surface area contributed by atoms with E-state index in [1.807, 2.05) is 13.8 Å². The van der Waals surface area contributed by atoms with Crippen LogP contribution < -0.4 is 0 Å². The molecular formula is C20H29NO5. The predicted molar refractivity (Wildman–Crippen MR) is 96.5 cm³/mol. The van der Waals surface area contributed by atoms with Gasteiger partial charge in [-0.1, -0.05) is 26.2 Å². The van der Waals surface area contributed by atoms with Crippen LogP contribution in [0.4, 0.5) is 0 Å². The number of hydrogen-bond donors (Lipinski definition) is 1. The first-order valence-corrected chi connectivity index (χ1v) is 9.69. The van der Waals surface area contributed by atoms with E-state index in [0.29, 0.717) is 18.8 Å². The lowest BCUT2D eigenvalue weighted by Crippen LogP contribution is -2.65. The van der Waals surface area contributed by atoms with Crippen molar-refractivity contribution in [3.8, 4) is 0 Å². The lowest BCUT2D eigenvalue weighted by molar-refractivity contribution is -0.170. The van der Waals surface area contributed by atoms with Gasteiger partial charge in [-0.05, 0) is 26.2 Å². The van der Waals surface area contributed by atoms with Gasteiger partial charge in [-0.3, -0.25) is 4.79 Å². The van der Waals surface area contributed by atoms with E-state index in [4.69, 9.17) is 9.15 Å². The molecule has 2 aliphatic rings. The zero-order valence-corrected chi connectivity index (χ0v) is 15.9. The number of aryl methyl sites for hydroxylation is 1. The third-order valence-corrected chi connectivity index (χ3v) is 6.25. The van der Waals surface area contributed by atoms with E-state index in [1.54, 1.807) is 11.9 Å². The molecule has 144 valence electrons. The molecule has 1 spiro atoms. The molecule has 2 unspecified atom stereocenters. The summed E-state index contributed by atoms with van der Waals surface area (Å²) in [6.45, 7) is 4.52. The Kier molecular flexibility index (Phi) is 5.42. The molecule has 2 saturated carbocycles. The standard InChI is InChI=1S/C20H29NO5/c1-4-14-13(19(23)24)11-15(26-14)18(22)21(3)16-12-17(25-5-2)20(16)9-7-6-8-10-20/h11,16-17H,4-10,12H2,1-3H3,(H,23,24). The van der Waals surface area contributed by atoms with Crippen molar-refractivity contribution >= 4 is 11.9 Å². The number of aromatic carboxylic acids is 1. The van der Waals surface area contributed by atoms with E-state index in [1.165, 1.54) is 25.3 Å². The molecule has 1 aromatic heterocycles. The van der Waals surface area contributed by atoms with Gasteiger partial charge in [-0.2, -0.15) is 0 Å². The van der Waals surface area contributed by atoms with E-state index < -0.39 is 5.97 Å². The van der Waals surface area contributed by atoms with Gasteiger partial charge in [0.2, 0.25) is 0 Å². The highest BCUT2D eigenvalue weighted by Gasteiger charge is 2.58. The first kappa shape index (κ1) is 19.0. The Labute approximate surface area is 154 Å². The third kappa shape index (κ3) is 3.04. The number of carbonyl (C=O) groups is 2. The van der Waals surface area contributed by atoms with Crippen molar-refractivity contribution in [1.82, 2.24) is 4.90 Å². The molecule has 1 aromatic rings. The summed E-state index contributed by atoms with van der Waals surface area (Å²) in [5.41, 5.74) is 0.117. The van der Waals surface area contributed by atoms with Crippen molar-refractivity contribution in [2.45, 2.75) is 70.9 Å². The minimum absolute atomic E-state index is 0.0362. The minimum atomic E-state index is -1.06. The Bertz CT molecular complexity index is 674. The van der Waals surface area contributed by atoms with Crippen molar-refractivity contribution in [1.29, 1.82) is 0 Å². The van der Waals surface area contributed by atoms with Crippen LogP contribution in [0.15, 0.2) is 10.5 Å². The molecule has 1 N–H and O–H groups in total. The fourth-order valence-electron chi connectivity index (χ4n) is 4.86. The SMILES string of the molecule is CCOC1CC(N(C)C(=O)c2cc(C(=O)O)c(CC)o2)C12CCCCC2. The molecule has 0 saturated heterocycles. The summed E-state index contributed by atoms with van der Waals surface area (Å²) in [5, 5.41) is 9.29. The molecule has 2 atom stereocenters. The Morgan fingerprint density at radius 1 is 1.31 bits per heavy atom. The molecule has 1 amide bonds. The number of hydrogen-bond acceptors (Lipinski definition) is 4. The van der Waals surface area contributed by atoms with Gasteiger partial charge in [0.25, 0.3) is 5.91 Å². The highest BCUT2D eigenvalue weighted by atomic mass is 16.5. The molecule has 6 nitrogen and oxygen atoms in total. The van der Waals surface area contributed by atoms with E-state index in [-0.39, 0.29) is 34.8 Å². The maximum atomic E-state index is 13.0. The van der Waals surface area contributed by atoms with Crippen LogP contribution in [0.25, 0.3) is 0 Å². The lowest BCUT2D eigenvalue weighted by atomic mass is 9.54. The first-order chi connectivity index (χ1) is 12.4. The summed E-state index contributed by atoms with van der Waals surface area (Å²) in [4.78, 5) is 26.1. The van der Waals surface area contributed by atoms with E-state index in [0.717, 1.165) is 19.3 Å². The fraction of sp³-hybridized carbons (Fsp3) is 0.700. The Morgan fingerprint density at radius 3 is 2.54 bits per heavy atom. The largest absolute Gasteiger partial charge is 0.478 e. The highest BCUT2D eigenvalue weighted by Crippen LogP contribution is 2.55. The smallest absolute Gasteiger partial charge is 0.339 e. The van der Waals surface area contributed by atoms with Gasteiger partial charge in [-0.15, -0.1) is 0 Å². The van der Waals surface area contributed by atoms with Gasteiger partial charge in [0, 0.05) is 37.6 Å². The summed E-state index contributed by atoms with van der Waals surface area (Å²) in [6.07, 6.45) is 7.24. The van der Waals surface area contributed by atoms with Crippen molar-refractivity contribution < 1.29 is 23.8 Å². The van der Waals surface area contributed by atoms with Crippen LogP contribution >= 0.6 is 0 Å². The average molecular weight is 363 g/mol. The van der Waals surface area contributed by atoms with Gasteiger partial charge in [0.15, 0.2) is 5.76 Å². The number of ether oxygens (including phenoxy) is 1. The zero-order chi connectivity index (χ0) is 18.9. The minimum Gasteiger partial charge on any atom is -0.478 e. The lowest BCUT2D eigenvalue weighted by Gasteiger charge is -2.60. The van der Waals surface area contributed by atoms with Crippen molar-refractivity contribution in [2.75, 3.05) is 13.7 Å². The maximum Gasteiger partial charge on any atom is 0.339 e. The number of carbonyl (C=O) groups excluding carboxylic acids is 1. The van der Waals surface area contributed by atoms with Crippen LogP contribution in [0, 0.1) is 5.41 Å². The van der Waals surface area contributed by atoms with Crippen molar-refractivity contribution in [2.24, 2.45) is 5.41 Å². The molecule has 3 rings (SSSR count). The normalized spacial score (nSPS) is 24.3. The van der Waals surface area contributed by atoms with E-state index in [2.05, 4.69) is 0 Å². The van der Waals surface area contributed by atoms with Gasteiger partial charge >= 0.3 is 5.97 Å². The number of furan rings is 1. The molecule has 0 aliphatic heterocycles. The molecule has 0 bridgehead atoms. The second-order valence-corrected chi connectivity index (χ2v) is 7.51. The van der Waals surface area contributed by atoms with Crippen molar-refractivity contribution in [3.63, 3.8) is 0 Å². The van der Waals surface area contributed by atoms with Gasteiger partial charge in [0.1, 0.15) is 11.3 Å². The van der Waals surface area contributed by atoms with Gasteiger partial charge < -0.3 is 19.2 Å². The first-order valence-electron chi connectivity index (χ1n) is 9.69. The van der Waals surface area contributed by atoms with Crippen LogP contribution in [0.1, 0.15) is 79.0 Å². The average Bonchev–Trinajstić information content (AvgIpc) is 3.09. The van der Waals surface area contributed by atoms with Crippen LogP contribution in [0.5, 0.6) is 0 Å². The van der Waals surface area contributed by atoms with Crippen molar-refractivity contribution in [3.05, 3.63) is 23.2 Å². The van der Waals surface area contributed by atoms with Gasteiger partial charge in [0.05, 0.1) is 6.10 Å². The quantitative estimate of drug-likeness (QED) is 0.833. The fourth-order valence-corrected chi connectivity index (χ4v) is 4.86. The van der Waals surface area contributed by atoms with Crippen LogP contribution in [0.3, 0.4) is 0 Å². The molecule has 26 heavy (non-hydrogen) atoms. The second kappa shape index (κ2) is 7.43. The van der Waals surface area contributed by atoms with Crippen LogP contribution in [-0.2, 0) is 11.2 Å². The number of amides is 1. The second-order valence-electron chi connectivity index (χ2n) is 7.51. The van der Waals surface area contributed by atoms with Crippen LogP contribution in [-0.4, -0.2) is 47.7 Å². The monoisotopic (exact) mass is 363 g/mol. The molecule has 0 radical (unpaired) electrons. The number of nitrogens with zero attached hydrogens (tertiary/aromatic N) is 1. The third-order valence-electron chi connectivity index (χ3n) is 6.25. The molecule has 1 heterocycles. The Hall–Kier alpha value is -1.82. The molecule has 6 heteroatoms. The Balaban J connectivity index is 1.81. The van der Waals surface area contributed by atoms with E-state index >= 15 is 0 Å². The number of carboxylic acid groups (broad SMARTS) is 1. The summed E-state index contributed by atoms with van der Waals surface area (Å²) >= 11 is 0. The van der Waals surface area contributed by atoms with Gasteiger partial charge in [-0.25, -0.2) is 4.79 Å². The molecule has 2 fully saturated rings. The maximum absolute atomic E-state index is 13.0. The number of carboxylic acids is 1. The molecule has 0 aromatic carbocycles. The summed E-state index contributed by atoms with van der Waals surface area (Å²) in [7, 11) is 1.81. The topological polar surface area (TPSA) is 80.0 Å². The van der Waals surface area contributed by atoms with E-state index in [9.17, 15) is 14.7 Å². The molecular weight excluding hydrogens is 334 g/mol. The summed E-state index contributed by atoms with van der Waals surface area (Å²) < 4.78 is 11.5. The Morgan fingerprint density at radius 2 is 2.00 bits per heavy atom. The predicted octanol–water partition coefficient (Wildman–Crippen LogP) is 3.74. The highest BCUT2D eigenvalue weighted by molar-refractivity contribution is 5.96. The summed E-state index contributed by atoms with van der Waals surface area (Å²) in [6, 6.07) is 1.49. The number of rotatable bonds is 6. The summed E-state index contributed by atoms with van der Waals surface area (Å²) in [5.74, 6) is -0.830.